The van der Waals surface area contributed by atoms with E-state index >= 15 is 0 Å². The van der Waals surface area contributed by atoms with Gasteiger partial charge >= 0.3 is 6.18 Å². The number of piperidine rings is 2. The lowest BCUT2D eigenvalue weighted by molar-refractivity contribution is -0.137. The predicted molar refractivity (Wildman–Crippen MR) is 87.9 cm³/mol. The van der Waals surface area contributed by atoms with Crippen LogP contribution in [0.5, 0.6) is 0 Å². The van der Waals surface area contributed by atoms with Gasteiger partial charge in [-0.15, -0.1) is 0 Å². The van der Waals surface area contributed by atoms with Crippen molar-refractivity contribution in [1.29, 1.82) is 0 Å². The van der Waals surface area contributed by atoms with E-state index in [4.69, 9.17) is 0 Å². The molecule has 2 saturated heterocycles. The second kappa shape index (κ2) is 7.61. The van der Waals surface area contributed by atoms with Gasteiger partial charge in [-0.2, -0.15) is 13.2 Å². The number of benzene rings is 1. The van der Waals surface area contributed by atoms with Crippen LogP contribution in [0.3, 0.4) is 0 Å². The van der Waals surface area contributed by atoms with Crippen molar-refractivity contribution in [3.8, 4) is 0 Å². The zero-order chi connectivity index (χ0) is 18.0. The van der Waals surface area contributed by atoms with Crippen LogP contribution in [0.4, 0.5) is 13.2 Å². The third kappa shape index (κ3) is 4.73. The highest BCUT2D eigenvalue weighted by Crippen LogP contribution is 2.30. The zero-order valence-electron chi connectivity index (χ0n) is 14.1. The Balaban J connectivity index is 1.56. The minimum atomic E-state index is -4.33. The lowest BCUT2D eigenvalue weighted by atomic mass is 9.96. The number of hydrogen-bond acceptors (Lipinski definition) is 4. The summed E-state index contributed by atoms with van der Waals surface area (Å²) in [6.45, 7) is 3.19. The molecule has 0 aliphatic carbocycles. The van der Waals surface area contributed by atoms with Crippen LogP contribution in [0.15, 0.2) is 24.3 Å². The Morgan fingerprint density at radius 3 is 2.40 bits per heavy atom. The fourth-order valence-corrected chi connectivity index (χ4v) is 3.88. The fourth-order valence-electron chi connectivity index (χ4n) is 3.88. The van der Waals surface area contributed by atoms with Crippen LogP contribution in [0.2, 0.25) is 0 Å². The van der Waals surface area contributed by atoms with Crippen LogP contribution in [0, 0.1) is 0 Å². The second-order valence-electron chi connectivity index (χ2n) is 7.12. The van der Waals surface area contributed by atoms with Crippen molar-refractivity contribution in [2.45, 2.75) is 50.2 Å². The smallest absolute Gasteiger partial charge is 0.393 e. The van der Waals surface area contributed by atoms with Crippen molar-refractivity contribution in [3.63, 3.8) is 0 Å². The predicted octanol–water partition coefficient (Wildman–Crippen LogP) is 2.10. The zero-order valence-corrected chi connectivity index (χ0v) is 14.1. The SMILES string of the molecule is OC1CCN([C@@H]2CCN(Cc3cccc(C(F)(F)F)c3)C[C@H]2O)CC1. The number of aliphatic hydroxyl groups excluding tert-OH is 2. The molecule has 4 nitrogen and oxygen atoms in total. The summed E-state index contributed by atoms with van der Waals surface area (Å²) in [5.41, 5.74) is -0.0196. The molecule has 25 heavy (non-hydrogen) atoms. The molecule has 0 aromatic heterocycles. The van der Waals surface area contributed by atoms with E-state index in [2.05, 4.69) is 4.90 Å². The Kier molecular flexibility index (Phi) is 5.68. The maximum Gasteiger partial charge on any atom is 0.416 e. The van der Waals surface area contributed by atoms with E-state index in [0.717, 1.165) is 45.0 Å². The Hall–Kier alpha value is -1.15. The molecule has 7 heteroatoms. The van der Waals surface area contributed by atoms with E-state index in [1.165, 1.54) is 12.1 Å². The first kappa shape index (κ1) is 18.6. The molecule has 2 fully saturated rings. The molecular formula is C18H25F3N2O2. The van der Waals surface area contributed by atoms with Crippen LogP contribution in [-0.4, -0.2) is 64.4 Å². The average molecular weight is 358 g/mol. The van der Waals surface area contributed by atoms with Gasteiger partial charge in [0.15, 0.2) is 0 Å². The summed E-state index contributed by atoms with van der Waals surface area (Å²) in [7, 11) is 0. The first-order chi connectivity index (χ1) is 11.8. The summed E-state index contributed by atoms with van der Waals surface area (Å²) in [5, 5.41) is 20.1. The summed E-state index contributed by atoms with van der Waals surface area (Å²) in [5.74, 6) is 0. The first-order valence-electron chi connectivity index (χ1n) is 8.81. The number of aliphatic hydroxyl groups is 2. The highest BCUT2D eigenvalue weighted by Gasteiger charge is 2.34. The van der Waals surface area contributed by atoms with Gasteiger partial charge in [0.05, 0.1) is 17.8 Å². The van der Waals surface area contributed by atoms with Crippen LogP contribution in [0.25, 0.3) is 0 Å². The molecule has 2 aliphatic rings. The summed E-state index contributed by atoms with van der Waals surface area (Å²) in [6, 6.07) is 5.46. The number of halogens is 3. The number of nitrogens with zero attached hydrogens (tertiary/aromatic N) is 2. The van der Waals surface area contributed by atoms with Gasteiger partial charge in [-0.1, -0.05) is 18.2 Å². The summed E-state index contributed by atoms with van der Waals surface area (Å²) < 4.78 is 38.4. The number of rotatable bonds is 3. The van der Waals surface area contributed by atoms with E-state index in [1.807, 2.05) is 4.90 Å². The molecule has 2 heterocycles. The Labute approximate surface area is 145 Å². The van der Waals surface area contributed by atoms with Crippen LogP contribution in [-0.2, 0) is 12.7 Å². The van der Waals surface area contributed by atoms with Crippen molar-refractivity contribution >= 4 is 0 Å². The van der Waals surface area contributed by atoms with Gasteiger partial charge < -0.3 is 10.2 Å². The maximum absolute atomic E-state index is 12.8. The van der Waals surface area contributed by atoms with Gasteiger partial charge in [0.25, 0.3) is 0 Å². The van der Waals surface area contributed by atoms with Crippen LogP contribution < -0.4 is 0 Å². The topological polar surface area (TPSA) is 46.9 Å². The van der Waals surface area contributed by atoms with E-state index < -0.39 is 17.8 Å². The molecule has 2 atom stereocenters. The number of likely N-dealkylation sites (tertiary alicyclic amines) is 2. The molecular weight excluding hydrogens is 333 g/mol. The highest BCUT2D eigenvalue weighted by atomic mass is 19.4. The molecule has 0 spiro atoms. The Morgan fingerprint density at radius 2 is 1.76 bits per heavy atom. The highest BCUT2D eigenvalue weighted by molar-refractivity contribution is 5.25. The van der Waals surface area contributed by atoms with Crippen molar-refractivity contribution in [2.75, 3.05) is 26.2 Å². The normalized spacial score (nSPS) is 27.6. The third-order valence-electron chi connectivity index (χ3n) is 5.26. The van der Waals surface area contributed by atoms with Crippen molar-refractivity contribution in [3.05, 3.63) is 35.4 Å². The minimum Gasteiger partial charge on any atom is -0.393 e. The number of hydrogen-bond donors (Lipinski definition) is 2. The van der Waals surface area contributed by atoms with Gasteiger partial charge in [0.2, 0.25) is 0 Å². The monoisotopic (exact) mass is 358 g/mol. The fraction of sp³-hybridized carbons (Fsp3) is 0.667. The molecule has 0 unspecified atom stereocenters. The molecule has 0 amide bonds. The standard InChI is InChI=1S/C18H25F3N2O2/c19-18(20,21)14-3-1-2-13(10-14)11-22-7-6-16(17(25)12-22)23-8-4-15(24)5-9-23/h1-3,10,15-17,24-25H,4-9,11-12H2/t16-,17-/m1/s1. The van der Waals surface area contributed by atoms with Gasteiger partial charge in [0.1, 0.15) is 0 Å². The number of β-amino-alcohol motifs (C(OH)–C–C–N with tert-alkyl or cyclic N) is 1. The molecule has 0 bridgehead atoms. The minimum absolute atomic E-state index is 0.0743. The Morgan fingerprint density at radius 1 is 1.04 bits per heavy atom. The molecule has 1 aromatic rings. The van der Waals surface area contributed by atoms with Crippen molar-refractivity contribution in [2.24, 2.45) is 0 Å². The van der Waals surface area contributed by atoms with Crippen molar-refractivity contribution < 1.29 is 23.4 Å². The second-order valence-corrected chi connectivity index (χ2v) is 7.12. The lowest BCUT2D eigenvalue weighted by Gasteiger charge is -2.43. The molecule has 1 aromatic carbocycles. The van der Waals surface area contributed by atoms with Crippen LogP contribution >= 0.6 is 0 Å². The Bertz CT molecular complexity index is 574. The molecule has 2 aliphatic heterocycles. The quantitative estimate of drug-likeness (QED) is 0.869. The summed E-state index contributed by atoms with van der Waals surface area (Å²) in [6.07, 6.45) is -2.84. The van der Waals surface area contributed by atoms with Gasteiger partial charge in [-0.25, -0.2) is 0 Å². The van der Waals surface area contributed by atoms with E-state index in [1.54, 1.807) is 6.07 Å². The molecule has 2 N–H and O–H groups in total. The lowest BCUT2D eigenvalue weighted by Crippen LogP contribution is -2.55. The molecule has 0 radical (unpaired) electrons. The summed E-state index contributed by atoms with van der Waals surface area (Å²) >= 11 is 0. The van der Waals surface area contributed by atoms with Crippen LogP contribution in [0.1, 0.15) is 30.4 Å². The van der Waals surface area contributed by atoms with E-state index in [9.17, 15) is 23.4 Å². The average Bonchev–Trinajstić information content (AvgIpc) is 2.56. The van der Waals surface area contributed by atoms with E-state index in [-0.39, 0.29) is 12.1 Å². The largest absolute Gasteiger partial charge is 0.416 e. The number of alkyl halides is 3. The third-order valence-corrected chi connectivity index (χ3v) is 5.26. The molecule has 140 valence electrons. The molecule has 0 saturated carbocycles. The van der Waals surface area contributed by atoms with Gasteiger partial charge in [0, 0.05) is 38.8 Å². The summed E-state index contributed by atoms with van der Waals surface area (Å²) in [4.78, 5) is 4.24. The maximum atomic E-state index is 12.8. The molecule has 3 rings (SSSR count). The van der Waals surface area contributed by atoms with Gasteiger partial charge in [-0.05, 0) is 30.9 Å². The van der Waals surface area contributed by atoms with Gasteiger partial charge in [-0.3, -0.25) is 9.80 Å². The van der Waals surface area contributed by atoms with E-state index in [0.29, 0.717) is 18.7 Å². The first-order valence-corrected chi connectivity index (χ1v) is 8.81. The van der Waals surface area contributed by atoms with Crippen molar-refractivity contribution in [1.82, 2.24) is 9.80 Å².